The zero-order valence-corrected chi connectivity index (χ0v) is 15.5. The predicted octanol–water partition coefficient (Wildman–Crippen LogP) is 4.23. The third kappa shape index (κ3) is 4.28. The van der Waals surface area contributed by atoms with Crippen LogP contribution >= 0.6 is 0 Å². The van der Waals surface area contributed by atoms with Crippen LogP contribution in [0.15, 0.2) is 42.5 Å². The number of benzene rings is 2. The predicted molar refractivity (Wildman–Crippen MR) is 99.5 cm³/mol. The number of nitrogens with one attached hydrogen (secondary N) is 1. The van der Waals surface area contributed by atoms with Crippen LogP contribution in [0.5, 0.6) is 11.5 Å². The van der Waals surface area contributed by atoms with E-state index in [1.165, 1.54) is 0 Å². The van der Waals surface area contributed by atoms with Gasteiger partial charge in [-0.1, -0.05) is 43.3 Å². The van der Waals surface area contributed by atoms with E-state index in [4.69, 9.17) is 14.2 Å². The summed E-state index contributed by atoms with van der Waals surface area (Å²) >= 11 is 0. The molecule has 138 valence electrons. The summed E-state index contributed by atoms with van der Waals surface area (Å²) in [6.07, 6.45) is 1.10. The van der Waals surface area contributed by atoms with E-state index in [2.05, 4.69) is 12.2 Å². The Hall–Kier alpha value is -2.69. The smallest absolute Gasteiger partial charge is 0.407 e. The lowest BCUT2D eigenvalue weighted by atomic mass is 9.90. The van der Waals surface area contributed by atoms with E-state index in [0.717, 1.165) is 34.6 Å². The Morgan fingerprint density at radius 3 is 2.65 bits per heavy atom. The molecule has 1 aliphatic heterocycles. The van der Waals surface area contributed by atoms with Crippen LogP contribution in [-0.4, -0.2) is 18.4 Å². The fraction of sp³-hybridized carbons (Fsp3) is 0.381. The summed E-state index contributed by atoms with van der Waals surface area (Å²) in [6, 6.07) is 13.6. The van der Waals surface area contributed by atoms with Gasteiger partial charge in [-0.15, -0.1) is 0 Å². The second-order valence-corrected chi connectivity index (χ2v) is 7.04. The number of alkyl carbamates (subject to hydrolysis) is 1. The lowest BCUT2D eigenvalue weighted by molar-refractivity contribution is 0.129. The van der Waals surface area contributed by atoms with Crippen molar-refractivity contribution in [3.8, 4) is 11.5 Å². The molecular formula is C21H25NO4. The van der Waals surface area contributed by atoms with Crippen molar-refractivity contribution >= 4 is 6.09 Å². The molecule has 0 aromatic heterocycles. The van der Waals surface area contributed by atoms with Crippen LogP contribution in [0.4, 0.5) is 4.79 Å². The molecule has 3 rings (SSSR count). The minimum atomic E-state index is -0.453. The Labute approximate surface area is 154 Å². The molecule has 1 aliphatic rings. The summed E-state index contributed by atoms with van der Waals surface area (Å²) in [5, 5.41) is 2.96. The summed E-state index contributed by atoms with van der Waals surface area (Å²) in [6.45, 7) is 6.59. The van der Waals surface area contributed by atoms with Crippen LogP contribution in [0.1, 0.15) is 37.5 Å². The highest BCUT2D eigenvalue weighted by Crippen LogP contribution is 2.38. The van der Waals surface area contributed by atoms with Crippen molar-refractivity contribution in [3.63, 3.8) is 0 Å². The van der Waals surface area contributed by atoms with Crippen LogP contribution in [-0.2, 0) is 24.2 Å². The molecule has 2 aromatic carbocycles. The normalized spacial score (nSPS) is 12.7. The van der Waals surface area contributed by atoms with Crippen LogP contribution in [0.3, 0.4) is 0 Å². The maximum Gasteiger partial charge on any atom is 0.407 e. The van der Waals surface area contributed by atoms with Crippen molar-refractivity contribution in [1.82, 2.24) is 5.32 Å². The number of ether oxygens (including phenoxy) is 3. The SMILES string of the molecule is CCc1c(CC(C)(C)NC(=O)OCc2ccccc2)ccc2c1OCO2. The third-order valence-corrected chi connectivity index (χ3v) is 4.38. The molecule has 1 heterocycles. The Bertz CT molecular complexity index is 771. The van der Waals surface area contributed by atoms with Crippen molar-refractivity contribution in [1.29, 1.82) is 0 Å². The molecule has 1 N–H and O–H groups in total. The molecule has 5 heteroatoms. The molecule has 0 radical (unpaired) electrons. The first kappa shape index (κ1) is 18.1. The maximum atomic E-state index is 12.2. The summed E-state index contributed by atoms with van der Waals surface area (Å²) in [7, 11) is 0. The van der Waals surface area contributed by atoms with Gasteiger partial charge in [-0.25, -0.2) is 4.79 Å². The number of carbonyl (C=O) groups is 1. The van der Waals surface area contributed by atoms with E-state index >= 15 is 0 Å². The molecule has 0 spiro atoms. The zero-order valence-electron chi connectivity index (χ0n) is 15.5. The maximum absolute atomic E-state index is 12.2. The number of hydrogen-bond donors (Lipinski definition) is 1. The molecule has 5 nitrogen and oxygen atoms in total. The number of hydrogen-bond acceptors (Lipinski definition) is 4. The van der Waals surface area contributed by atoms with Gasteiger partial charge in [0.05, 0.1) is 0 Å². The van der Waals surface area contributed by atoms with Gasteiger partial charge in [0.15, 0.2) is 11.5 Å². The van der Waals surface area contributed by atoms with Crippen molar-refractivity contribution in [2.45, 2.75) is 45.8 Å². The van der Waals surface area contributed by atoms with Crippen molar-refractivity contribution < 1.29 is 19.0 Å². The van der Waals surface area contributed by atoms with Crippen molar-refractivity contribution in [3.05, 3.63) is 59.2 Å². The van der Waals surface area contributed by atoms with Gasteiger partial charge in [0.2, 0.25) is 6.79 Å². The quantitative estimate of drug-likeness (QED) is 0.843. The lowest BCUT2D eigenvalue weighted by Gasteiger charge is -2.27. The summed E-state index contributed by atoms with van der Waals surface area (Å²) in [4.78, 5) is 12.2. The lowest BCUT2D eigenvalue weighted by Crippen LogP contribution is -2.45. The number of fused-ring (bicyclic) bond motifs is 1. The average molecular weight is 355 g/mol. The van der Waals surface area contributed by atoms with E-state index in [1.807, 2.05) is 56.3 Å². The minimum Gasteiger partial charge on any atom is -0.454 e. The van der Waals surface area contributed by atoms with E-state index in [1.54, 1.807) is 0 Å². The van der Waals surface area contributed by atoms with Crippen LogP contribution in [0.25, 0.3) is 0 Å². The first-order chi connectivity index (χ1) is 12.5. The van der Waals surface area contributed by atoms with E-state index in [9.17, 15) is 4.79 Å². The molecule has 0 unspecified atom stereocenters. The van der Waals surface area contributed by atoms with Gasteiger partial charge in [0.1, 0.15) is 6.61 Å². The monoisotopic (exact) mass is 355 g/mol. The van der Waals surface area contributed by atoms with Gasteiger partial charge >= 0.3 is 6.09 Å². The Kier molecular flexibility index (Phi) is 5.35. The molecule has 0 fully saturated rings. The first-order valence-electron chi connectivity index (χ1n) is 8.88. The number of amides is 1. The molecule has 0 bridgehead atoms. The summed E-state index contributed by atoms with van der Waals surface area (Å²) < 4.78 is 16.4. The van der Waals surface area contributed by atoms with Crippen LogP contribution < -0.4 is 14.8 Å². The molecule has 0 aliphatic carbocycles. The van der Waals surface area contributed by atoms with E-state index in [-0.39, 0.29) is 13.4 Å². The van der Waals surface area contributed by atoms with Gasteiger partial charge in [0.25, 0.3) is 0 Å². The second-order valence-electron chi connectivity index (χ2n) is 7.04. The first-order valence-corrected chi connectivity index (χ1v) is 8.88. The van der Waals surface area contributed by atoms with Gasteiger partial charge in [-0.3, -0.25) is 0 Å². The zero-order chi connectivity index (χ0) is 18.6. The minimum absolute atomic E-state index is 0.257. The highest BCUT2D eigenvalue weighted by atomic mass is 16.7. The largest absolute Gasteiger partial charge is 0.454 e. The fourth-order valence-electron chi connectivity index (χ4n) is 3.18. The molecule has 26 heavy (non-hydrogen) atoms. The standard InChI is InChI=1S/C21H25NO4/c1-4-17-16(10-11-18-19(17)26-14-25-18)12-21(2,3)22-20(23)24-13-15-8-6-5-7-9-15/h5-11H,4,12-14H2,1-3H3,(H,22,23). The molecule has 1 amide bonds. The van der Waals surface area contributed by atoms with Crippen LogP contribution in [0, 0.1) is 0 Å². The van der Waals surface area contributed by atoms with E-state index < -0.39 is 11.6 Å². The molecule has 0 saturated carbocycles. The molecule has 0 saturated heterocycles. The number of carbonyl (C=O) groups excluding carboxylic acids is 1. The highest BCUT2D eigenvalue weighted by Gasteiger charge is 2.26. The van der Waals surface area contributed by atoms with E-state index in [0.29, 0.717) is 6.42 Å². The van der Waals surface area contributed by atoms with Gasteiger partial charge < -0.3 is 19.5 Å². The third-order valence-electron chi connectivity index (χ3n) is 4.38. The molecule has 0 atom stereocenters. The van der Waals surface area contributed by atoms with Gasteiger partial charge in [-0.2, -0.15) is 0 Å². The Balaban J connectivity index is 1.62. The van der Waals surface area contributed by atoms with Crippen molar-refractivity contribution in [2.24, 2.45) is 0 Å². The van der Waals surface area contributed by atoms with Crippen LogP contribution in [0.2, 0.25) is 0 Å². The van der Waals surface area contributed by atoms with Gasteiger partial charge in [-0.05, 0) is 43.9 Å². The molecule has 2 aromatic rings. The fourth-order valence-corrected chi connectivity index (χ4v) is 3.18. The summed E-state index contributed by atoms with van der Waals surface area (Å²) in [5.74, 6) is 1.62. The Morgan fingerprint density at radius 1 is 1.15 bits per heavy atom. The average Bonchev–Trinajstić information content (AvgIpc) is 3.09. The van der Waals surface area contributed by atoms with Crippen molar-refractivity contribution in [2.75, 3.05) is 6.79 Å². The topological polar surface area (TPSA) is 56.8 Å². The highest BCUT2D eigenvalue weighted by molar-refractivity contribution is 5.68. The van der Waals surface area contributed by atoms with Gasteiger partial charge in [0, 0.05) is 11.1 Å². The summed E-state index contributed by atoms with van der Waals surface area (Å²) in [5.41, 5.74) is 2.79. The molecular weight excluding hydrogens is 330 g/mol. The number of rotatable bonds is 6. The second kappa shape index (κ2) is 7.68. The Morgan fingerprint density at radius 2 is 1.92 bits per heavy atom.